The third kappa shape index (κ3) is 2.76. The summed E-state index contributed by atoms with van der Waals surface area (Å²) in [6.45, 7) is 2.25. The van der Waals surface area contributed by atoms with Crippen LogP contribution in [0.2, 0.25) is 0 Å². The summed E-state index contributed by atoms with van der Waals surface area (Å²) < 4.78 is 5.25. The van der Waals surface area contributed by atoms with Gasteiger partial charge < -0.3 is 14.8 Å². The van der Waals surface area contributed by atoms with Crippen LogP contribution in [0.1, 0.15) is 36.7 Å². The molecule has 1 aliphatic rings. The van der Waals surface area contributed by atoms with Gasteiger partial charge in [-0.3, -0.25) is 4.79 Å². The molecule has 1 amide bonds. The number of aromatic nitrogens is 1. The van der Waals surface area contributed by atoms with E-state index in [0.29, 0.717) is 5.69 Å². The first kappa shape index (κ1) is 14.8. The second-order valence-electron chi connectivity index (χ2n) is 5.98. The number of aliphatic hydroxyl groups is 1. The quantitative estimate of drug-likeness (QED) is 0.910. The van der Waals surface area contributed by atoms with Gasteiger partial charge in [0, 0.05) is 12.1 Å². The number of rotatable bonds is 4. The minimum absolute atomic E-state index is 0.181. The minimum atomic E-state index is -0.817. The molecule has 1 heterocycles. The van der Waals surface area contributed by atoms with Crippen molar-refractivity contribution in [1.82, 2.24) is 10.3 Å². The maximum absolute atomic E-state index is 12.3. The van der Waals surface area contributed by atoms with Crippen LogP contribution in [0.5, 0.6) is 0 Å². The van der Waals surface area contributed by atoms with Crippen molar-refractivity contribution >= 4 is 5.91 Å². The molecular formula is C17H20N2O3. The maximum Gasteiger partial charge on any atom is 0.289 e. The topological polar surface area (TPSA) is 75.4 Å². The van der Waals surface area contributed by atoms with Crippen LogP contribution in [-0.2, 0) is 0 Å². The summed E-state index contributed by atoms with van der Waals surface area (Å²) >= 11 is 0. The van der Waals surface area contributed by atoms with Crippen molar-refractivity contribution in [2.24, 2.45) is 5.92 Å². The number of oxazole rings is 1. The Morgan fingerprint density at radius 3 is 2.91 bits per heavy atom. The fraction of sp³-hybridized carbons (Fsp3) is 0.412. The summed E-state index contributed by atoms with van der Waals surface area (Å²) in [7, 11) is 0. The molecule has 1 aromatic carbocycles. The fourth-order valence-electron chi connectivity index (χ4n) is 3.01. The lowest BCUT2D eigenvalue weighted by molar-refractivity contribution is 0.00989. The molecule has 0 saturated heterocycles. The standard InChI is InChI=1S/C17H20N2O3/c1-12-6-5-9-17(12,21)10-18-16(20)15-14(19-11-22-15)13-7-3-2-4-8-13/h2-4,7-8,11-12,21H,5-6,9-10H2,1H3,(H,18,20). The highest BCUT2D eigenvalue weighted by Crippen LogP contribution is 2.34. The predicted molar refractivity (Wildman–Crippen MR) is 82.2 cm³/mol. The van der Waals surface area contributed by atoms with Gasteiger partial charge in [0.15, 0.2) is 6.39 Å². The molecule has 1 aliphatic carbocycles. The second-order valence-corrected chi connectivity index (χ2v) is 5.98. The number of benzene rings is 1. The number of hydrogen-bond donors (Lipinski definition) is 2. The highest BCUT2D eigenvalue weighted by atomic mass is 16.3. The third-order valence-electron chi connectivity index (χ3n) is 4.54. The largest absolute Gasteiger partial charge is 0.438 e. The average molecular weight is 300 g/mol. The van der Waals surface area contributed by atoms with Crippen LogP contribution in [0.3, 0.4) is 0 Å². The molecule has 0 aliphatic heterocycles. The number of carbonyl (C=O) groups excluding carboxylic acids is 1. The number of nitrogens with one attached hydrogen (secondary N) is 1. The van der Waals surface area contributed by atoms with E-state index in [0.717, 1.165) is 24.8 Å². The molecule has 22 heavy (non-hydrogen) atoms. The van der Waals surface area contributed by atoms with E-state index < -0.39 is 5.60 Å². The van der Waals surface area contributed by atoms with E-state index in [2.05, 4.69) is 10.3 Å². The summed E-state index contributed by atoms with van der Waals surface area (Å²) in [5, 5.41) is 13.3. The number of nitrogens with zero attached hydrogens (tertiary/aromatic N) is 1. The fourth-order valence-corrected chi connectivity index (χ4v) is 3.01. The number of carbonyl (C=O) groups is 1. The van der Waals surface area contributed by atoms with Gasteiger partial charge in [-0.05, 0) is 18.8 Å². The van der Waals surface area contributed by atoms with E-state index in [9.17, 15) is 9.90 Å². The lowest BCUT2D eigenvalue weighted by atomic mass is 9.92. The van der Waals surface area contributed by atoms with Crippen molar-refractivity contribution in [3.8, 4) is 11.3 Å². The molecule has 3 rings (SSSR count). The molecule has 5 nitrogen and oxygen atoms in total. The van der Waals surface area contributed by atoms with Crippen LogP contribution in [-0.4, -0.2) is 28.1 Å². The molecule has 2 N–H and O–H groups in total. The van der Waals surface area contributed by atoms with Crippen molar-refractivity contribution in [3.63, 3.8) is 0 Å². The Hall–Kier alpha value is -2.14. The average Bonchev–Trinajstić information content (AvgIpc) is 3.14. The Morgan fingerprint density at radius 1 is 1.45 bits per heavy atom. The summed E-state index contributed by atoms with van der Waals surface area (Å²) in [4.78, 5) is 16.5. The summed E-state index contributed by atoms with van der Waals surface area (Å²) in [6.07, 6.45) is 3.97. The summed E-state index contributed by atoms with van der Waals surface area (Å²) in [5.41, 5.74) is 0.529. The highest BCUT2D eigenvalue weighted by molar-refractivity contribution is 5.97. The van der Waals surface area contributed by atoms with E-state index in [4.69, 9.17) is 4.42 Å². The zero-order valence-corrected chi connectivity index (χ0v) is 12.6. The molecule has 2 atom stereocenters. The smallest absolute Gasteiger partial charge is 0.289 e. The summed E-state index contributed by atoms with van der Waals surface area (Å²) in [6, 6.07) is 9.42. The van der Waals surface area contributed by atoms with E-state index in [1.807, 2.05) is 37.3 Å². The van der Waals surface area contributed by atoms with Crippen LogP contribution in [0.15, 0.2) is 41.1 Å². The van der Waals surface area contributed by atoms with Crippen LogP contribution in [0, 0.1) is 5.92 Å². The van der Waals surface area contributed by atoms with Crippen LogP contribution >= 0.6 is 0 Å². The van der Waals surface area contributed by atoms with Crippen LogP contribution < -0.4 is 5.32 Å². The van der Waals surface area contributed by atoms with E-state index >= 15 is 0 Å². The Balaban J connectivity index is 1.73. The first-order valence-corrected chi connectivity index (χ1v) is 7.59. The molecule has 5 heteroatoms. The lowest BCUT2D eigenvalue weighted by Crippen LogP contribution is -2.44. The second kappa shape index (κ2) is 5.93. The molecule has 2 aromatic rings. The van der Waals surface area contributed by atoms with Gasteiger partial charge in [0.05, 0.1) is 5.60 Å². The first-order chi connectivity index (χ1) is 10.6. The number of amides is 1. The molecule has 2 unspecified atom stereocenters. The first-order valence-electron chi connectivity index (χ1n) is 7.59. The van der Waals surface area contributed by atoms with Gasteiger partial charge in [-0.2, -0.15) is 0 Å². The van der Waals surface area contributed by atoms with Crippen LogP contribution in [0.4, 0.5) is 0 Å². The van der Waals surface area contributed by atoms with Gasteiger partial charge in [-0.15, -0.1) is 0 Å². The minimum Gasteiger partial charge on any atom is -0.438 e. The van der Waals surface area contributed by atoms with Gasteiger partial charge in [0.25, 0.3) is 5.91 Å². The normalized spacial score (nSPS) is 24.4. The monoisotopic (exact) mass is 300 g/mol. The molecule has 116 valence electrons. The molecule has 1 saturated carbocycles. The zero-order valence-electron chi connectivity index (χ0n) is 12.6. The Labute approximate surface area is 129 Å². The van der Waals surface area contributed by atoms with Crippen LogP contribution in [0.25, 0.3) is 11.3 Å². The maximum atomic E-state index is 12.3. The van der Waals surface area contributed by atoms with E-state index in [1.165, 1.54) is 6.39 Å². The molecule has 0 spiro atoms. The molecule has 1 fully saturated rings. The molecular weight excluding hydrogens is 280 g/mol. The Bertz CT molecular complexity index is 653. The predicted octanol–water partition coefficient (Wildman–Crippen LogP) is 2.62. The third-order valence-corrected chi connectivity index (χ3v) is 4.54. The van der Waals surface area contributed by atoms with Gasteiger partial charge >= 0.3 is 0 Å². The van der Waals surface area contributed by atoms with E-state index in [1.54, 1.807) is 0 Å². The Kier molecular flexibility index (Phi) is 3.98. The van der Waals surface area contributed by atoms with Crippen molar-refractivity contribution in [3.05, 3.63) is 42.5 Å². The highest BCUT2D eigenvalue weighted by Gasteiger charge is 2.38. The van der Waals surface area contributed by atoms with E-state index in [-0.39, 0.29) is 24.1 Å². The number of hydrogen-bond acceptors (Lipinski definition) is 4. The van der Waals surface area contributed by atoms with Crippen molar-refractivity contribution < 1.29 is 14.3 Å². The van der Waals surface area contributed by atoms with Crippen molar-refractivity contribution in [2.45, 2.75) is 31.8 Å². The van der Waals surface area contributed by atoms with Crippen molar-refractivity contribution in [2.75, 3.05) is 6.54 Å². The van der Waals surface area contributed by atoms with Gasteiger partial charge in [0.2, 0.25) is 5.76 Å². The van der Waals surface area contributed by atoms with Gasteiger partial charge in [0.1, 0.15) is 5.69 Å². The zero-order chi connectivity index (χ0) is 15.6. The molecule has 0 radical (unpaired) electrons. The van der Waals surface area contributed by atoms with Gasteiger partial charge in [-0.1, -0.05) is 43.7 Å². The van der Waals surface area contributed by atoms with Gasteiger partial charge in [-0.25, -0.2) is 4.98 Å². The SMILES string of the molecule is CC1CCCC1(O)CNC(=O)c1ocnc1-c1ccccc1. The Morgan fingerprint density at radius 2 is 2.23 bits per heavy atom. The summed E-state index contributed by atoms with van der Waals surface area (Å²) in [5.74, 6) is 0.0282. The molecule has 0 bridgehead atoms. The van der Waals surface area contributed by atoms with Crippen molar-refractivity contribution in [1.29, 1.82) is 0 Å². The molecule has 1 aromatic heterocycles. The lowest BCUT2D eigenvalue weighted by Gasteiger charge is -2.27.